The molecule has 1 saturated heterocycles. The minimum absolute atomic E-state index is 0.289. The molecule has 1 atom stereocenters. The van der Waals surface area contributed by atoms with E-state index in [1.807, 2.05) is 47.3 Å². The average Bonchev–Trinajstić information content (AvgIpc) is 3.71. The first kappa shape index (κ1) is 27.3. The van der Waals surface area contributed by atoms with Crippen LogP contribution in [0.5, 0.6) is 0 Å². The van der Waals surface area contributed by atoms with Crippen LogP contribution in [0.3, 0.4) is 0 Å². The van der Waals surface area contributed by atoms with Gasteiger partial charge in [0.1, 0.15) is 4.05 Å². The summed E-state index contributed by atoms with van der Waals surface area (Å²) >= 11 is 2.29. The third-order valence-corrected chi connectivity index (χ3v) is 9.60. The molecule has 1 aliphatic heterocycles. The molecule has 8 rings (SSSR count). The molecule has 5 heterocycles. The Labute approximate surface area is 265 Å². The Morgan fingerprint density at radius 1 is 0.909 bits per heavy atom. The van der Waals surface area contributed by atoms with E-state index in [1.54, 1.807) is 10.7 Å². The van der Waals surface area contributed by atoms with Gasteiger partial charge in [-0.25, -0.2) is 14.5 Å². The number of hydrogen-bond donors (Lipinski definition) is 2. The summed E-state index contributed by atoms with van der Waals surface area (Å²) in [5, 5.41) is 9.65. The summed E-state index contributed by atoms with van der Waals surface area (Å²) in [6, 6.07) is 24.5. The fourth-order valence-corrected chi connectivity index (χ4v) is 7.03. The number of hydrogen-bond acceptors (Lipinski definition) is 9. The van der Waals surface area contributed by atoms with E-state index in [4.69, 9.17) is 26.0 Å². The number of pyridine rings is 2. The van der Waals surface area contributed by atoms with Crippen LogP contribution in [0.4, 0.5) is 0 Å². The predicted molar refractivity (Wildman–Crippen MR) is 173 cm³/mol. The van der Waals surface area contributed by atoms with Gasteiger partial charge in [-0.1, -0.05) is 54.6 Å². The second-order valence-corrected chi connectivity index (χ2v) is 12.4. The molecule has 6 aromatic rings. The molecule has 0 bridgehead atoms. The van der Waals surface area contributed by atoms with Gasteiger partial charge in [0.2, 0.25) is 0 Å². The average molecular weight is 698 g/mol. The van der Waals surface area contributed by atoms with E-state index in [9.17, 15) is 0 Å². The number of ether oxygens (including phenoxy) is 2. The predicted octanol–water partition coefficient (Wildman–Crippen LogP) is 4.26. The maximum absolute atomic E-state index is 6.78. The Hall–Kier alpha value is -4.24. The first-order valence-electron chi connectivity index (χ1n) is 14.3. The van der Waals surface area contributed by atoms with Crippen molar-refractivity contribution in [3.05, 3.63) is 108 Å². The summed E-state index contributed by atoms with van der Waals surface area (Å²) in [6.07, 6.45) is 6.72. The molecule has 1 unspecified atom stereocenters. The molecule has 220 valence electrons. The van der Waals surface area contributed by atoms with E-state index in [2.05, 4.69) is 85.2 Å². The zero-order valence-electron chi connectivity index (χ0n) is 23.5. The highest BCUT2D eigenvalue weighted by Gasteiger charge is 2.57. The Morgan fingerprint density at radius 3 is 2.41 bits per heavy atom. The Balaban J connectivity index is 1.22. The summed E-state index contributed by atoms with van der Waals surface area (Å²) in [4.78, 5) is 14.1. The second kappa shape index (κ2) is 10.4. The Morgan fingerprint density at radius 2 is 1.68 bits per heavy atom. The second-order valence-electron chi connectivity index (χ2n) is 11.2. The van der Waals surface area contributed by atoms with Gasteiger partial charge in [0.15, 0.2) is 17.1 Å². The van der Waals surface area contributed by atoms with Crippen molar-refractivity contribution in [3.63, 3.8) is 0 Å². The van der Waals surface area contributed by atoms with Gasteiger partial charge in [-0.15, -0.1) is 5.10 Å². The summed E-state index contributed by atoms with van der Waals surface area (Å²) in [7, 11) is 0. The normalized spacial score (nSPS) is 18.2. The first-order chi connectivity index (χ1) is 21.5. The Bertz CT molecular complexity index is 2050. The van der Waals surface area contributed by atoms with Gasteiger partial charge in [-0.3, -0.25) is 0 Å². The molecule has 12 heteroatoms. The molecule has 2 fully saturated rings. The Kier molecular flexibility index (Phi) is 6.48. The molecule has 0 radical (unpaired) electrons. The molecule has 1 aliphatic carbocycles. The standard InChI is InChI=1S/C32H28IN9O2/c33-27(28-38-30-36-12-4-13-42(30)40-28)41-14-11-25-24(29(41)39-35)17-23(20-5-2-1-3-6-20)26(37-25)21-7-9-22(10-8-21)31(34)18-32(19-31)43-15-16-44-32/h1-14,17,27H,15-16,18-19,34-35H2/b39-29-. The quantitative estimate of drug-likeness (QED) is 0.118. The molecular formula is C32H28IN9O2. The van der Waals surface area contributed by atoms with E-state index in [-0.39, 0.29) is 4.05 Å². The third kappa shape index (κ3) is 4.48. The number of aromatic nitrogens is 6. The van der Waals surface area contributed by atoms with Crippen LogP contribution in [0.2, 0.25) is 0 Å². The minimum Gasteiger partial charge on any atom is -0.347 e. The molecular weight excluding hydrogens is 669 g/mol. The van der Waals surface area contributed by atoms with E-state index in [0.29, 0.717) is 43.1 Å². The molecule has 4 aromatic heterocycles. The molecule has 1 saturated carbocycles. The van der Waals surface area contributed by atoms with Gasteiger partial charge in [-0.05, 0) is 51.9 Å². The first-order valence-corrected chi connectivity index (χ1v) is 15.5. The fourth-order valence-electron chi connectivity index (χ4n) is 6.32. The lowest BCUT2D eigenvalue weighted by atomic mass is 9.68. The van der Waals surface area contributed by atoms with Crippen LogP contribution in [0.1, 0.15) is 28.3 Å². The number of alkyl halides is 1. The number of benzene rings is 2. The minimum atomic E-state index is -0.522. The van der Waals surface area contributed by atoms with Gasteiger partial charge in [0, 0.05) is 47.9 Å². The van der Waals surface area contributed by atoms with Crippen LogP contribution >= 0.6 is 22.6 Å². The van der Waals surface area contributed by atoms with Crippen molar-refractivity contribution < 1.29 is 9.47 Å². The lowest BCUT2D eigenvalue weighted by Crippen LogP contribution is -2.60. The van der Waals surface area contributed by atoms with E-state index in [1.165, 1.54) is 0 Å². The van der Waals surface area contributed by atoms with Crippen LogP contribution in [0.25, 0.3) is 39.1 Å². The van der Waals surface area contributed by atoms with Crippen molar-refractivity contribution in [2.45, 2.75) is 28.2 Å². The van der Waals surface area contributed by atoms with Crippen LogP contribution in [-0.2, 0) is 15.0 Å². The van der Waals surface area contributed by atoms with Crippen molar-refractivity contribution in [1.82, 2.24) is 29.1 Å². The van der Waals surface area contributed by atoms with E-state index in [0.717, 1.165) is 38.9 Å². The lowest BCUT2D eigenvalue weighted by Gasteiger charge is -2.50. The summed E-state index contributed by atoms with van der Waals surface area (Å²) in [5.41, 5.74) is 12.5. The van der Waals surface area contributed by atoms with Crippen LogP contribution in [-0.4, -0.2) is 48.1 Å². The molecule has 0 amide bonds. The summed E-state index contributed by atoms with van der Waals surface area (Å²) in [6.45, 7) is 1.24. The number of nitrogens with zero attached hydrogens (tertiary/aromatic N) is 7. The molecule has 11 nitrogen and oxygen atoms in total. The monoisotopic (exact) mass is 697 g/mol. The highest BCUT2D eigenvalue weighted by molar-refractivity contribution is 14.1. The van der Waals surface area contributed by atoms with Crippen molar-refractivity contribution in [2.24, 2.45) is 16.7 Å². The number of rotatable bonds is 5. The smallest absolute Gasteiger partial charge is 0.252 e. The van der Waals surface area contributed by atoms with Crippen molar-refractivity contribution in [3.8, 4) is 22.4 Å². The lowest BCUT2D eigenvalue weighted by molar-refractivity contribution is -0.239. The highest BCUT2D eigenvalue weighted by atomic mass is 127. The number of halogens is 1. The molecule has 4 N–H and O–H groups in total. The van der Waals surface area contributed by atoms with Gasteiger partial charge in [-0.2, -0.15) is 10.1 Å². The zero-order valence-corrected chi connectivity index (χ0v) is 25.7. The fraction of sp³-hybridized carbons (Fsp3) is 0.219. The zero-order chi connectivity index (χ0) is 29.9. The van der Waals surface area contributed by atoms with Gasteiger partial charge in [0.25, 0.3) is 5.78 Å². The largest absolute Gasteiger partial charge is 0.347 e. The van der Waals surface area contributed by atoms with Crippen molar-refractivity contribution >= 4 is 39.3 Å². The highest BCUT2D eigenvalue weighted by Crippen LogP contribution is 2.51. The topological polar surface area (TPSA) is 144 Å². The van der Waals surface area contributed by atoms with Gasteiger partial charge in [0.05, 0.1) is 30.0 Å². The summed E-state index contributed by atoms with van der Waals surface area (Å²) < 4.78 is 15.0. The van der Waals surface area contributed by atoms with E-state index < -0.39 is 11.3 Å². The maximum Gasteiger partial charge on any atom is 0.252 e. The van der Waals surface area contributed by atoms with Crippen molar-refractivity contribution in [2.75, 3.05) is 13.2 Å². The molecule has 2 aromatic carbocycles. The summed E-state index contributed by atoms with van der Waals surface area (Å²) in [5.74, 6) is 6.64. The molecule has 1 spiro atoms. The number of nitrogens with two attached hydrogens (primary N) is 2. The maximum atomic E-state index is 6.78. The van der Waals surface area contributed by atoms with Crippen molar-refractivity contribution in [1.29, 1.82) is 0 Å². The molecule has 44 heavy (non-hydrogen) atoms. The molecule has 2 aliphatic rings. The van der Waals surface area contributed by atoms with Crippen LogP contribution < -0.4 is 17.1 Å². The van der Waals surface area contributed by atoms with E-state index >= 15 is 0 Å². The number of fused-ring (bicyclic) bond motifs is 2. The van der Waals surface area contributed by atoms with Crippen LogP contribution in [0.15, 0.2) is 96.5 Å². The van der Waals surface area contributed by atoms with Gasteiger partial charge < -0.3 is 25.6 Å². The third-order valence-electron chi connectivity index (χ3n) is 8.44. The van der Waals surface area contributed by atoms with Crippen LogP contribution in [0, 0.1) is 0 Å². The van der Waals surface area contributed by atoms with Gasteiger partial charge >= 0.3 is 0 Å². The SMILES string of the molecule is N/N=c1/c2cc(-c3ccccc3)c(-c3ccc(C4(N)CC5(C4)OCCO5)cc3)nc2ccn1C(I)c1nc2ncccn2n1.